The number of carbonyl (C=O) groups excluding carboxylic acids is 1. The second-order valence-electron chi connectivity index (χ2n) is 4.82. The molecule has 1 aromatic carbocycles. The Kier molecular flexibility index (Phi) is 5.48. The molecule has 0 fully saturated rings. The molecule has 1 unspecified atom stereocenters. The van der Waals surface area contributed by atoms with Crippen molar-refractivity contribution in [1.29, 1.82) is 0 Å². The fraction of sp³-hybridized carbons (Fsp3) is 0.333. The number of hydrogen-bond donors (Lipinski definition) is 3. The summed E-state index contributed by atoms with van der Waals surface area (Å²) in [5.74, 6) is -0.156. The van der Waals surface area contributed by atoms with Crippen molar-refractivity contribution in [3.63, 3.8) is 0 Å². The Morgan fingerprint density at radius 3 is 2.81 bits per heavy atom. The van der Waals surface area contributed by atoms with Crippen LogP contribution in [0.15, 0.2) is 42.7 Å². The first-order valence-electron chi connectivity index (χ1n) is 6.94. The van der Waals surface area contributed by atoms with E-state index in [4.69, 9.17) is 5.11 Å². The third kappa shape index (κ3) is 4.70. The second kappa shape index (κ2) is 7.56. The summed E-state index contributed by atoms with van der Waals surface area (Å²) >= 11 is 0. The van der Waals surface area contributed by atoms with E-state index in [1.54, 1.807) is 24.0 Å². The number of carbonyl (C=O) groups is 1. The normalized spacial score (nSPS) is 12.1. The highest BCUT2D eigenvalue weighted by molar-refractivity contribution is 5.93. The predicted octanol–water partition coefficient (Wildman–Crippen LogP) is 0.573. The molecule has 6 nitrogen and oxygen atoms in total. The van der Waals surface area contributed by atoms with Crippen LogP contribution in [0.4, 0.5) is 0 Å². The van der Waals surface area contributed by atoms with Gasteiger partial charge >= 0.3 is 0 Å². The molecule has 2 rings (SSSR count). The van der Waals surface area contributed by atoms with Crippen LogP contribution >= 0.6 is 0 Å². The van der Waals surface area contributed by atoms with Crippen LogP contribution in [0.1, 0.15) is 17.3 Å². The van der Waals surface area contributed by atoms with Crippen molar-refractivity contribution in [2.24, 2.45) is 0 Å². The van der Waals surface area contributed by atoms with Crippen LogP contribution in [-0.4, -0.2) is 46.5 Å². The summed E-state index contributed by atoms with van der Waals surface area (Å²) in [6.07, 6.45) is 2.87. The highest BCUT2D eigenvalue weighted by atomic mass is 16.3. The largest absolute Gasteiger partial charge is 0.392 e. The number of hydrogen-bond acceptors (Lipinski definition) is 4. The second-order valence-corrected chi connectivity index (χ2v) is 4.82. The van der Waals surface area contributed by atoms with Gasteiger partial charge in [-0.25, -0.2) is 4.68 Å². The lowest BCUT2D eigenvalue weighted by molar-refractivity contribution is 0.0953. The molecule has 3 N–H and O–H groups in total. The Labute approximate surface area is 123 Å². The molecule has 0 saturated heterocycles. The van der Waals surface area contributed by atoms with Crippen molar-refractivity contribution in [3.05, 3.63) is 48.3 Å². The average molecular weight is 288 g/mol. The lowest BCUT2D eigenvalue weighted by Crippen LogP contribution is -2.34. The number of para-hydroxylation sites is 1. The average Bonchev–Trinajstić information content (AvgIpc) is 2.97. The minimum absolute atomic E-state index is 0.156. The summed E-state index contributed by atoms with van der Waals surface area (Å²) in [5, 5.41) is 19.1. The first-order chi connectivity index (χ1) is 10.2. The zero-order valence-electron chi connectivity index (χ0n) is 12.0. The molecule has 2 aromatic rings. The summed E-state index contributed by atoms with van der Waals surface area (Å²) in [6, 6.07) is 9.62. The fourth-order valence-corrected chi connectivity index (χ4v) is 1.84. The lowest BCUT2D eigenvalue weighted by Gasteiger charge is -2.07. The van der Waals surface area contributed by atoms with Gasteiger partial charge in [0.1, 0.15) is 0 Å². The predicted molar refractivity (Wildman–Crippen MR) is 80.4 cm³/mol. The maximum atomic E-state index is 11.9. The molecule has 0 radical (unpaired) electrons. The Hall–Kier alpha value is -2.18. The summed E-state index contributed by atoms with van der Waals surface area (Å²) < 4.78 is 1.67. The van der Waals surface area contributed by atoms with Crippen LogP contribution in [0.2, 0.25) is 0 Å². The molecule has 0 aliphatic rings. The summed E-state index contributed by atoms with van der Waals surface area (Å²) in [7, 11) is 0. The van der Waals surface area contributed by atoms with Crippen LogP contribution in [0, 0.1) is 0 Å². The number of aliphatic hydroxyl groups is 1. The van der Waals surface area contributed by atoms with E-state index in [0.29, 0.717) is 25.2 Å². The van der Waals surface area contributed by atoms with Gasteiger partial charge < -0.3 is 15.7 Å². The molecule has 6 heteroatoms. The molecule has 1 atom stereocenters. The van der Waals surface area contributed by atoms with E-state index in [1.165, 1.54) is 0 Å². The molecule has 21 heavy (non-hydrogen) atoms. The topological polar surface area (TPSA) is 79.2 Å². The van der Waals surface area contributed by atoms with Crippen molar-refractivity contribution < 1.29 is 9.90 Å². The number of rotatable bonds is 7. The maximum absolute atomic E-state index is 11.9. The molecular weight excluding hydrogens is 268 g/mol. The van der Waals surface area contributed by atoms with E-state index < -0.39 is 0 Å². The molecule has 1 heterocycles. The third-order valence-electron chi connectivity index (χ3n) is 2.89. The Morgan fingerprint density at radius 1 is 1.33 bits per heavy atom. The van der Waals surface area contributed by atoms with Gasteiger partial charge in [0.15, 0.2) is 0 Å². The molecule has 1 amide bonds. The number of amides is 1. The van der Waals surface area contributed by atoms with Gasteiger partial charge in [0.25, 0.3) is 5.91 Å². The first kappa shape index (κ1) is 15.2. The van der Waals surface area contributed by atoms with Crippen molar-refractivity contribution in [2.45, 2.75) is 13.0 Å². The van der Waals surface area contributed by atoms with Crippen LogP contribution in [0.5, 0.6) is 0 Å². The summed E-state index contributed by atoms with van der Waals surface area (Å²) in [4.78, 5) is 11.9. The van der Waals surface area contributed by atoms with Crippen molar-refractivity contribution >= 4 is 5.91 Å². The first-order valence-corrected chi connectivity index (χ1v) is 6.94. The highest BCUT2D eigenvalue weighted by Crippen LogP contribution is 2.07. The van der Waals surface area contributed by atoms with E-state index in [2.05, 4.69) is 15.7 Å². The smallest absolute Gasteiger partial charge is 0.254 e. The minimum atomic E-state index is -0.384. The van der Waals surface area contributed by atoms with E-state index in [-0.39, 0.29) is 12.0 Å². The van der Waals surface area contributed by atoms with Crippen LogP contribution in [0.25, 0.3) is 5.69 Å². The quantitative estimate of drug-likeness (QED) is 0.651. The Bertz CT molecular complexity index is 566. The molecule has 0 spiro atoms. The van der Waals surface area contributed by atoms with Crippen LogP contribution < -0.4 is 10.6 Å². The molecule has 0 saturated carbocycles. The van der Waals surface area contributed by atoms with Gasteiger partial charge in [-0.15, -0.1) is 0 Å². The molecule has 1 aromatic heterocycles. The van der Waals surface area contributed by atoms with Gasteiger partial charge in [0.2, 0.25) is 0 Å². The zero-order chi connectivity index (χ0) is 15.1. The van der Waals surface area contributed by atoms with Gasteiger partial charge in [-0.1, -0.05) is 18.2 Å². The molecular formula is C15H20N4O2. The zero-order valence-corrected chi connectivity index (χ0v) is 12.0. The number of nitrogens with one attached hydrogen (secondary N) is 2. The summed E-state index contributed by atoms with van der Waals surface area (Å²) in [5.41, 5.74) is 1.43. The van der Waals surface area contributed by atoms with Crippen molar-refractivity contribution in [2.75, 3.05) is 19.6 Å². The van der Waals surface area contributed by atoms with Gasteiger partial charge in [-0.2, -0.15) is 5.10 Å². The molecule has 0 aliphatic carbocycles. The van der Waals surface area contributed by atoms with E-state index >= 15 is 0 Å². The standard InChI is InChI=1S/C15H20N4O2/c1-12(20)9-16-7-8-17-15(21)13-10-18-19(11-13)14-5-3-2-4-6-14/h2-6,10-12,16,20H,7-9H2,1H3,(H,17,21). The van der Waals surface area contributed by atoms with Crippen molar-refractivity contribution in [3.8, 4) is 5.69 Å². The van der Waals surface area contributed by atoms with Crippen molar-refractivity contribution in [1.82, 2.24) is 20.4 Å². The Balaban J connectivity index is 1.82. The van der Waals surface area contributed by atoms with E-state index in [1.807, 2.05) is 30.3 Å². The van der Waals surface area contributed by atoms with Gasteiger partial charge in [-0.05, 0) is 19.1 Å². The van der Waals surface area contributed by atoms with Crippen LogP contribution in [0.3, 0.4) is 0 Å². The third-order valence-corrected chi connectivity index (χ3v) is 2.89. The van der Waals surface area contributed by atoms with E-state index in [0.717, 1.165) is 5.69 Å². The maximum Gasteiger partial charge on any atom is 0.254 e. The number of nitrogens with zero attached hydrogens (tertiary/aromatic N) is 2. The lowest BCUT2D eigenvalue weighted by atomic mass is 10.3. The minimum Gasteiger partial charge on any atom is -0.392 e. The van der Waals surface area contributed by atoms with Gasteiger partial charge in [0, 0.05) is 25.8 Å². The fourth-order valence-electron chi connectivity index (χ4n) is 1.84. The number of aromatic nitrogens is 2. The van der Waals surface area contributed by atoms with E-state index in [9.17, 15) is 4.79 Å². The SMILES string of the molecule is CC(O)CNCCNC(=O)c1cnn(-c2ccccc2)c1. The van der Waals surface area contributed by atoms with Crippen LogP contribution in [-0.2, 0) is 0 Å². The number of benzene rings is 1. The van der Waals surface area contributed by atoms with Gasteiger partial charge in [-0.3, -0.25) is 4.79 Å². The molecule has 112 valence electrons. The summed E-state index contributed by atoms with van der Waals surface area (Å²) in [6.45, 7) is 3.34. The molecule has 0 bridgehead atoms. The number of aliphatic hydroxyl groups excluding tert-OH is 1. The molecule has 0 aliphatic heterocycles. The highest BCUT2D eigenvalue weighted by Gasteiger charge is 2.08. The van der Waals surface area contributed by atoms with Gasteiger partial charge in [0.05, 0.1) is 23.6 Å². The monoisotopic (exact) mass is 288 g/mol. The Morgan fingerprint density at radius 2 is 2.10 bits per heavy atom.